The maximum atomic E-state index is 9.19. The van der Waals surface area contributed by atoms with Crippen molar-refractivity contribution in [3.05, 3.63) is 41.7 Å². The van der Waals surface area contributed by atoms with Crippen LogP contribution in [0.2, 0.25) is 0 Å². The van der Waals surface area contributed by atoms with Gasteiger partial charge in [0.1, 0.15) is 0 Å². The number of aliphatic hydroxyl groups is 1. The van der Waals surface area contributed by atoms with Crippen molar-refractivity contribution >= 4 is 0 Å². The van der Waals surface area contributed by atoms with Crippen LogP contribution in [0.25, 0.3) is 22.8 Å². The molecule has 0 atom stereocenters. The van der Waals surface area contributed by atoms with Crippen LogP contribution in [-0.4, -0.2) is 38.7 Å². The Kier molecular flexibility index (Phi) is 5.83. The fourth-order valence-electron chi connectivity index (χ4n) is 3.86. The third kappa shape index (κ3) is 3.86. The van der Waals surface area contributed by atoms with Gasteiger partial charge in [0.05, 0.1) is 36.7 Å². The van der Waals surface area contributed by atoms with Gasteiger partial charge in [-0.15, -0.1) is 0 Å². The Morgan fingerprint density at radius 1 is 1.18 bits per heavy atom. The third-order valence-electron chi connectivity index (χ3n) is 5.41. The number of methoxy groups -OCH3 is 1. The molecule has 1 fully saturated rings. The Morgan fingerprint density at radius 2 is 1.96 bits per heavy atom. The first-order valence-electron chi connectivity index (χ1n) is 9.89. The zero-order valence-corrected chi connectivity index (χ0v) is 16.2. The van der Waals surface area contributed by atoms with E-state index in [2.05, 4.69) is 19.9 Å². The van der Waals surface area contributed by atoms with Crippen LogP contribution in [0.15, 0.2) is 35.0 Å². The van der Waals surface area contributed by atoms with Crippen molar-refractivity contribution in [3.63, 3.8) is 0 Å². The minimum absolute atomic E-state index is 0.0149. The molecule has 0 bridgehead atoms. The van der Waals surface area contributed by atoms with E-state index in [-0.39, 0.29) is 6.61 Å². The first kappa shape index (κ1) is 18.8. The molecule has 0 amide bonds. The number of rotatable bonds is 7. The van der Waals surface area contributed by atoms with Crippen LogP contribution in [0, 0.1) is 0 Å². The topological polar surface area (TPSA) is 86.2 Å². The lowest BCUT2D eigenvalue weighted by atomic mass is 9.95. The van der Waals surface area contributed by atoms with Crippen molar-refractivity contribution in [1.82, 2.24) is 19.9 Å². The van der Waals surface area contributed by atoms with Gasteiger partial charge in [-0.05, 0) is 18.4 Å². The fourth-order valence-corrected chi connectivity index (χ4v) is 3.86. The molecule has 3 aromatic rings. The SMILES string of the molecule is COCCc1c(-c2nc(-c3ccc(CO)cc3)no2)cnn1C1CCCCC1. The molecule has 1 N–H and O–H groups in total. The highest BCUT2D eigenvalue weighted by Crippen LogP contribution is 2.33. The predicted octanol–water partition coefficient (Wildman–Crippen LogP) is 3.79. The van der Waals surface area contributed by atoms with Gasteiger partial charge in [0.2, 0.25) is 5.82 Å². The van der Waals surface area contributed by atoms with Crippen LogP contribution in [0.5, 0.6) is 0 Å². The van der Waals surface area contributed by atoms with E-state index in [1.54, 1.807) is 7.11 Å². The van der Waals surface area contributed by atoms with E-state index in [9.17, 15) is 5.11 Å². The van der Waals surface area contributed by atoms with E-state index in [4.69, 9.17) is 9.26 Å². The van der Waals surface area contributed by atoms with Gasteiger partial charge in [0.25, 0.3) is 5.89 Å². The summed E-state index contributed by atoms with van der Waals surface area (Å²) in [5.41, 5.74) is 3.68. The van der Waals surface area contributed by atoms with Crippen molar-refractivity contribution in [2.75, 3.05) is 13.7 Å². The minimum Gasteiger partial charge on any atom is -0.392 e. The molecular weight excluding hydrogens is 356 g/mol. The quantitative estimate of drug-likeness (QED) is 0.669. The molecule has 7 heteroatoms. The zero-order valence-electron chi connectivity index (χ0n) is 16.2. The largest absolute Gasteiger partial charge is 0.392 e. The number of aliphatic hydroxyl groups excluding tert-OH is 1. The van der Waals surface area contributed by atoms with Gasteiger partial charge in [-0.1, -0.05) is 48.7 Å². The average Bonchev–Trinajstić information content (AvgIpc) is 3.40. The summed E-state index contributed by atoms with van der Waals surface area (Å²) in [5, 5.41) is 18.0. The summed E-state index contributed by atoms with van der Waals surface area (Å²) in [6.07, 6.45) is 8.72. The lowest BCUT2D eigenvalue weighted by molar-refractivity contribution is 0.198. The van der Waals surface area contributed by atoms with Gasteiger partial charge in [0.15, 0.2) is 0 Å². The molecule has 28 heavy (non-hydrogen) atoms. The van der Waals surface area contributed by atoms with E-state index in [0.29, 0.717) is 24.4 Å². The highest BCUT2D eigenvalue weighted by atomic mass is 16.5. The molecule has 1 aliphatic carbocycles. The van der Waals surface area contributed by atoms with Crippen LogP contribution in [-0.2, 0) is 17.8 Å². The summed E-state index contributed by atoms with van der Waals surface area (Å²) in [4.78, 5) is 4.60. The van der Waals surface area contributed by atoms with Gasteiger partial charge in [-0.25, -0.2) is 0 Å². The maximum Gasteiger partial charge on any atom is 0.261 e. The lowest BCUT2D eigenvalue weighted by Crippen LogP contribution is -2.17. The van der Waals surface area contributed by atoms with Crippen molar-refractivity contribution in [2.45, 2.75) is 51.2 Å². The van der Waals surface area contributed by atoms with Crippen molar-refractivity contribution in [1.29, 1.82) is 0 Å². The smallest absolute Gasteiger partial charge is 0.261 e. The predicted molar refractivity (Wildman–Crippen MR) is 105 cm³/mol. The van der Waals surface area contributed by atoms with Crippen LogP contribution in [0.1, 0.15) is 49.4 Å². The summed E-state index contributed by atoms with van der Waals surface area (Å²) in [6.45, 7) is 0.635. The Balaban J connectivity index is 1.64. The second-order valence-electron chi connectivity index (χ2n) is 7.26. The molecule has 0 aliphatic heterocycles. The highest BCUT2D eigenvalue weighted by molar-refractivity contribution is 5.61. The Hall–Kier alpha value is -2.51. The minimum atomic E-state index is 0.0149. The maximum absolute atomic E-state index is 9.19. The molecule has 2 heterocycles. The van der Waals surface area contributed by atoms with E-state index < -0.39 is 0 Å². The fraction of sp³-hybridized carbons (Fsp3) is 0.476. The van der Waals surface area contributed by atoms with E-state index in [1.807, 2.05) is 30.5 Å². The van der Waals surface area contributed by atoms with Gasteiger partial charge < -0.3 is 14.4 Å². The van der Waals surface area contributed by atoms with Crippen LogP contribution in [0.3, 0.4) is 0 Å². The normalized spacial score (nSPS) is 15.2. The van der Waals surface area contributed by atoms with Crippen molar-refractivity contribution in [2.24, 2.45) is 0 Å². The van der Waals surface area contributed by atoms with Gasteiger partial charge in [-0.2, -0.15) is 10.1 Å². The van der Waals surface area contributed by atoms with Gasteiger partial charge in [-0.3, -0.25) is 4.68 Å². The second kappa shape index (κ2) is 8.67. The first-order valence-corrected chi connectivity index (χ1v) is 9.89. The monoisotopic (exact) mass is 382 g/mol. The Bertz CT molecular complexity index is 895. The van der Waals surface area contributed by atoms with Crippen molar-refractivity contribution < 1.29 is 14.4 Å². The number of benzene rings is 1. The molecule has 1 aromatic carbocycles. The summed E-state index contributed by atoms with van der Waals surface area (Å²) in [5.74, 6) is 1.01. The van der Waals surface area contributed by atoms with Crippen molar-refractivity contribution in [3.8, 4) is 22.8 Å². The number of nitrogens with zero attached hydrogens (tertiary/aromatic N) is 4. The Labute approximate surface area is 164 Å². The van der Waals surface area contributed by atoms with Crippen LogP contribution >= 0.6 is 0 Å². The van der Waals surface area contributed by atoms with Crippen LogP contribution < -0.4 is 0 Å². The molecular formula is C21H26N4O3. The molecule has 0 saturated heterocycles. The average molecular weight is 382 g/mol. The lowest BCUT2D eigenvalue weighted by Gasteiger charge is -2.24. The Morgan fingerprint density at radius 3 is 2.68 bits per heavy atom. The molecule has 0 unspecified atom stereocenters. The molecule has 2 aromatic heterocycles. The molecule has 7 nitrogen and oxygen atoms in total. The first-order chi connectivity index (χ1) is 13.8. The standard InChI is InChI=1S/C21H26N4O3/c1-27-12-11-19-18(13-22-25(19)17-5-3-2-4-6-17)21-23-20(24-28-21)16-9-7-15(14-26)8-10-16/h7-10,13,17,26H,2-6,11-12,14H2,1H3. The van der Waals surface area contributed by atoms with Gasteiger partial charge in [0, 0.05) is 19.1 Å². The molecule has 1 saturated carbocycles. The molecule has 4 rings (SSSR count). The number of hydrogen-bond acceptors (Lipinski definition) is 6. The summed E-state index contributed by atoms with van der Waals surface area (Å²) < 4.78 is 13.0. The number of ether oxygens (including phenoxy) is 1. The highest BCUT2D eigenvalue weighted by Gasteiger charge is 2.24. The number of aromatic nitrogens is 4. The molecule has 1 aliphatic rings. The zero-order chi connectivity index (χ0) is 19.3. The van der Waals surface area contributed by atoms with E-state index >= 15 is 0 Å². The van der Waals surface area contributed by atoms with E-state index in [0.717, 1.165) is 41.6 Å². The van der Waals surface area contributed by atoms with E-state index in [1.165, 1.54) is 19.3 Å². The molecule has 0 radical (unpaired) electrons. The number of hydrogen-bond donors (Lipinski definition) is 1. The second-order valence-corrected chi connectivity index (χ2v) is 7.26. The third-order valence-corrected chi connectivity index (χ3v) is 5.41. The molecule has 148 valence electrons. The summed E-state index contributed by atoms with van der Waals surface area (Å²) in [6, 6.07) is 7.92. The molecule has 0 spiro atoms. The summed E-state index contributed by atoms with van der Waals surface area (Å²) >= 11 is 0. The summed E-state index contributed by atoms with van der Waals surface area (Å²) in [7, 11) is 1.71. The van der Waals surface area contributed by atoms with Gasteiger partial charge >= 0.3 is 0 Å². The van der Waals surface area contributed by atoms with Crippen LogP contribution in [0.4, 0.5) is 0 Å².